The third kappa shape index (κ3) is 3.85. The van der Waals surface area contributed by atoms with Crippen molar-refractivity contribution in [2.75, 3.05) is 0 Å². The van der Waals surface area contributed by atoms with E-state index in [4.69, 9.17) is 9.84 Å². The van der Waals surface area contributed by atoms with Crippen molar-refractivity contribution in [1.82, 2.24) is 0 Å². The molecule has 1 N–H and O–H groups in total. The molecule has 0 aliphatic heterocycles. The summed E-state index contributed by atoms with van der Waals surface area (Å²) in [4.78, 5) is 10.6. The third-order valence-electron chi connectivity index (χ3n) is 3.26. The van der Waals surface area contributed by atoms with Crippen LogP contribution in [0.4, 0.5) is 0 Å². The number of hydrogen-bond acceptors (Lipinski definition) is 2. The first-order valence-corrected chi connectivity index (χ1v) is 6.54. The lowest BCUT2D eigenvalue weighted by atomic mass is 10.1. The molecule has 0 spiro atoms. The molecule has 0 radical (unpaired) electrons. The minimum absolute atomic E-state index is 0.0391. The maximum Gasteiger partial charge on any atom is 0.307 e. The zero-order chi connectivity index (χ0) is 14.5. The topological polar surface area (TPSA) is 46.5 Å². The van der Waals surface area contributed by atoms with Gasteiger partial charge in [-0.25, -0.2) is 0 Å². The predicted molar refractivity (Wildman–Crippen MR) is 78.0 cm³/mol. The Balaban J connectivity index is 1.96. The molecule has 0 saturated heterocycles. The van der Waals surface area contributed by atoms with E-state index < -0.39 is 5.97 Å². The van der Waals surface area contributed by atoms with E-state index in [1.165, 1.54) is 11.1 Å². The minimum Gasteiger partial charge on any atom is -0.489 e. The van der Waals surface area contributed by atoms with Crippen LogP contribution in [0, 0.1) is 13.8 Å². The van der Waals surface area contributed by atoms with Gasteiger partial charge < -0.3 is 9.84 Å². The highest BCUT2D eigenvalue weighted by Crippen LogP contribution is 2.16. The monoisotopic (exact) mass is 270 g/mol. The number of aryl methyl sites for hydroxylation is 2. The Labute approximate surface area is 118 Å². The zero-order valence-corrected chi connectivity index (χ0v) is 11.7. The molecule has 3 heteroatoms. The summed E-state index contributed by atoms with van der Waals surface area (Å²) in [6, 6.07) is 13.4. The number of carbonyl (C=O) groups is 1. The lowest BCUT2D eigenvalue weighted by molar-refractivity contribution is -0.136. The Kier molecular flexibility index (Phi) is 4.41. The van der Waals surface area contributed by atoms with Crippen LogP contribution in [0.15, 0.2) is 42.5 Å². The highest BCUT2D eigenvalue weighted by molar-refractivity contribution is 5.70. The molecule has 0 aliphatic carbocycles. The lowest BCUT2D eigenvalue weighted by Gasteiger charge is -2.08. The molecular weight excluding hydrogens is 252 g/mol. The molecule has 0 amide bonds. The molecule has 3 nitrogen and oxygen atoms in total. The average Bonchev–Trinajstić information content (AvgIpc) is 2.41. The molecule has 0 heterocycles. The highest BCUT2D eigenvalue weighted by Gasteiger charge is 2.02. The Hall–Kier alpha value is -2.29. The van der Waals surface area contributed by atoms with Gasteiger partial charge in [-0.2, -0.15) is 0 Å². The molecule has 20 heavy (non-hydrogen) atoms. The molecule has 0 unspecified atom stereocenters. The summed E-state index contributed by atoms with van der Waals surface area (Å²) in [7, 11) is 0. The summed E-state index contributed by atoms with van der Waals surface area (Å²) in [5, 5.41) is 8.71. The Bertz CT molecular complexity index is 600. The largest absolute Gasteiger partial charge is 0.489 e. The first-order valence-electron chi connectivity index (χ1n) is 6.54. The van der Waals surface area contributed by atoms with Gasteiger partial charge in [-0.3, -0.25) is 4.79 Å². The summed E-state index contributed by atoms with van der Waals surface area (Å²) >= 11 is 0. The van der Waals surface area contributed by atoms with Crippen LogP contribution in [0.2, 0.25) is 0 Å². The fourth-order valence-electron chi connectivity index (χ4n) is 1.94. The van der Waals surface area contributed by atoms with Gasteiger partial charge in [0.05, 0.1) is 6.42 Å². The molecule has 2 aromatic carbocycles. The van der Waals surface area contributed by atoms with Crippen molar-refractivity contribution in [3.63, 3.8) is 0 Å². The van der Waals surface area contributed by atoms with Gasteiger partial charge >= 0.3 is 5.97 Å². The molecule has 0 saturated carbocycles. The van der Waals surface area contributed by atoms with Crippen molar-refractivity contribution in [2.45, 2.75) is 26.9 Å². The van der Waals surface area contributed by atoms with E-state index >= 15 is 0 Å². The van der Waals surface area contributed by atoms with Crippen molar-refractivity contribution in [3.05, 3.63) is 64.7 Å². The van der Waals surface area contributed by atoms with Crippen molar-refractivity contribution in [3.8, 4) is 5.75 Å². The van der Waals surface area contributed by atoms with Crippen LogP contribution in [0.5, 0.6) is 5.75 Å². The SMILES string of the molecule is Cc1ccc(COc2ccc(CC(=O)O)cc2)cc1C. The van der Waals surface area contributed by atoms with Crippen LogP contribution >= 0.6 is 0 Å². The number of carboxylic acids is 1. The Morgan fingerprint density at radius 3 is 2.25 bits per heavy atom. The first kappa shape index (κ1) is 14.1. The summed E-state index contributed by atoms with van der Waals surface area (Å²) in [5.41, 5.74) is 4.42. The van der Waals surface area contributed by atoms with Crippen LogP contribution in [-0.4, -0.2) is 11.1 Å². The standard InChI is InChI=1S/C17H18O3/c1-12-3-4-15(9-13(12)2)11-20-16-7-5-14(6-8-16)10-17(18)19/h3-9H,10-11H2,1-2H3,(H,18,19). The van der Waals surface area contributed by atoms with E-state index in [9.17, 15) is 4.79 Å². The highest BCUT2D eigenvalue weighted by atomic mass is 16.5. The normalized spacial score (nSPS) is 10.3. The van der Waals surface area contributed by atoms with Crippen molar-refractivity contribution < 1.29 is 14.6 Å². The van der Waals surface area contributed by atoms with Gasteiger partial charge in [0.2, 0.25) is 0 Å². The molecule has 0 aromatic heterocycles. The van der Waals surface area contributed by atoms with Crippen LogP contribution in [0.3, 0.4) is 0 Å². The fraction of sp³-hybridized carbons (Fsp3) is 0.235. The van der Waals surface area contributed by atoms with E-state index in [0.29, 0.717) is 6.61 Å². The van der Waals surface area contributed by atoms with Gasteiger partial charge in [-0.1, -0.05) is 30.3 Å². The summed E-state index contributed by atoms with van der Waals surface area (Å²) in [6.07, 6.45) is 0.0391. The number of hydrogen-bond donors (Lipinski definition) is 1. The van der Waals surface area contributed by atoms with Gasteiger partial charge in [-0.05, 0) is 48.2 Å². The van der Waals surface area contributed by atoms with Crippen LogP contribution in [0.25, 0.3) is 0 Å². The zero-order valence-electron chi connectivity index (χ0n) is 11.7. The third-order valence-corrected chi connectivity index (χ3v) is 3.26. The summed E-state index contributed by atoms with van der Waals surface area (Å²) in [6.45, 7) is 4.68. The molecule has 2 rings (SSSR count). The van der Waals surface area contributed by atoms with Gasteiger partial charge in [-0.15, -0.1) is 0 Å². The number of aliphatic carboxylic acids is 1. The second-order valence-electron chi connectivity index (χ2n) is 4.92. The number of ether oxygens (including phenoxy) is 1. The van der Waals surface area contributed by atoms with Crippen molar-refractivity contribution >= 4 is 5.97 Å². The van der Waals surface area contributed by atoms with Gasteiger partial charge in [0.15, 0.2) is 0 Å². The molecule has 0 fully saturated rings. The summed E-state index contributed by atoms with van der Waals surface area (Å²) in [5.74, 6) is -0.0776. The first-order chi connectivity index (χ1) is 9.54. The molecule has 2 aromatic rings. The van der Waals surface area contributed by atoms with Gasteiger partial charge in [0.1, 0.15) is 12.4 Å². The molecule has 104 valence electrons. The minimum atomic E-state index is -0.825. The van der Waals surface area contributed by atoms with E-state index in [0.717, 1.165) is 16.9 Å². The summed E-state index contributed by atoms with van der Waals surface area (Å²) < 4.78 is 5.70. The van der Waals surface area contributed by atoms with E-state index in [1.54, 1.807) is 24.3 Å². The van der Waals surface area contributed by atoms with Gasteiger partial charge in [0, 0.05) is 0 Å². The van der Waals surface area contributed by atoms with Crippen LogP contribution in [-0.2, 0) is 17.8 Å². The molecule has 0 aliphatic rings. The quantitative estimate of drug-likeness (QED) is 0.904. The fourth-order valence-corrected chi connectivity index (χ4v) is 1.94. The van der Waals surface area contributed by atoms with Crippen molar-refractivity contribution in [1.29, 1.82) is 0 Å². The van der Waals surface area contributed by atoms with Crippen LogP contribution < -0.4 is 4.74 Å². The number of carboxylic acid groups (broad SMARTS) is 1. The molecular formula is C17H18O3. The van der Waals surface area contributed by atoms with Crippen molar-refractivity contribution in [2.24, 2.45) is 0 Å². The van der Waals surface area contributed by atoms with E-state index in [2.05, 4.69) is 32.0 Å². The van der Waals surface area contributed by atoms with E-state index in [1.807, 2.05) is 0 Å². The predicted octanol–water partition coefficient (Wildman–Crippen LogP) is 3.51. The second-order valence-corrected chi connectivity index (χ2v) is 4.92. The Morgan fingerprint density at radius 2 is 1.65 bits per heavy atom. The molecule has 0 atom stereocenters. The van der Waals surface area contributed by atoms with Gasteiger partial charge in [0.25, 0.3) is 0 Å². The number of benzene rings is 2. The average molecular weight is 270 g/mol. The lowest BCUT2D eigenvalue weighted by Crippen LogP contribution is -2.00. The Morgan fingerprint density at radius 1 is 1.00 bits per heavy atom. The maximum atomic E-state index is 10.6. The molecule has 0 bridgehead atoms. The van der Waals surface area contributed by atoms with E-state index in [-0.39, 0.29) is 6.42 Å². The number of rotatable bonds is 5. The van der Waals surface area contributed by atoms with Crippen LogP contribution in [0.1, 0.15) is 22.3 Å². The second kappa shape index (κ2) is 6.24. The maximum absolute atomic E-state index is 10.6. The smallest absolute Gasteiger partial charge is 0.307 e.